The molecule has 0 aromatic carbocycles. The summed E-state index contributed by atoms with van der Waals surface area (Å²) in [5.41, 5.74) is -1.75. The number of hydrogen-bond acceptors (Lipinski definition) is 6. The van der Waals surface area contributed by atoms with Crippen molar-refractivity contribution in [1.82, 2.24) is 14.3 Å². The number of aromatic nitrogens is 2. The second kappa shape index (κ2) is 5.25. The lowest BCUT2D eigenvalue weighted by Crippen LogP contribution is -2.48. The zero-order valence-corrected chi connectivity index (χ0v) is 10.6. The van der Waals surface area contributed by atoms with Crippen LogP contribution in [0.4, 0.5) is 0 Å². The smallest absolute Gasteiger partial charge is 0.325 e. The summed E-state index contributed by atoms with van der Waals surface area (Å²) in [7, 11) is -4.02. The highest BCUT2D eigenvalue weighted by Gasteiger charge is 2.32. The second-order valence-electron chi connectivity index (χ2n) is 3.97. The first-order valence-electron chi connectivity index (χ1n) is 5.50. The maximum atomic E-state index is 12.2. The van der Waals surface area contributed by atoms with E-state index in [0.29, 0.717) is 0 Å². The molecule has 0 amide bonds. The third kappa shape index (κ3) is 2.76. The third-order valence-electron chi connectivity index (χ3n) is 2.71. The number of sulfonamides is 1. The zero-order valence-electron chi connectivity index (χ0n) is 9.83. The predicted octanol–water partition coefficient (Wildman–Crippen LogP) is -2.55. The van der Waals surface area contributed by atoms with Gasteiger partial charge in [0.1, 0.15) is 0 Å². The first kappa shape index (κ1) is 13.9. The molecule has 19 heavy (non-hydrogen) atoms. The molecule has 1 aromatic heterocycles. The Kier molecular flexibility index (Phi) is 3.85. The van der Waals surface area contributed by atoms with E-state index < -0.39 is 32.3 Å². The highest BCUT2D eigenvalue weighted by atomic mass is 32.2. The van der Waals surface area contributed by atoms with Crippen LogP contribution in [0.1, 0.15) is 0 Å². The Balaban J connectivity index is 2.37. The number of ether oxygens (including phenoxy) is 1. The molecule has 1 aliphatic heterocycles. The number of aliphatic hydroxyl groups excluding tert-OH is 1. The number of aromatic amines is 2. The van der Waals surface area contributed by atoms with Gasteiger partial charge in [-0.2, -0.15) is 4.31 Å². The summed E-state index contributed by atoms with van der Waals surface area (Å²) in [5, 5.41) is 8.97. The lowest BCUT2D eigenvalue weighted by Gasteiger charge is -2.30. The van der Waals surface area contributed by atoms with E-state index in [0.717, 1.165) is 10.5 Å². The molecule has 1 unspecified atom stereocenters. The Labute approximate surface area is 107 Å². The quantitative estimate of drug-likeness (QED) is 0.561. The van der Waals surface area contributed by atoms with Crippen LogP contribution in [-0.4, -0.2) is 60.2 Å². The number of hydrogen-bond donors (Lipinski definition) is 3. The normalized spacial score (nSPS) is 21.4. The van der Waals surface area contributed by atoms with Crippen molar-refractivity contribution >= 4 is 10.0 Å². The molecule has 9 nitrogen and oxygen atoms in total. The van der Waals surface area contributed by atoms with E-state index in [-0.39, 0.29) is 26.3 Å². The van der Waals surface area contributed by atoms with E-state index in [1.54, 1.807) is 0 Å². The van der Waals surface area contributed by atoms with Crippen LogP contribution in [0.25, 0.3) is 0 Å². The molecule has 2 rings (SSSR count). The number of rotatable bonds is 3. The van der Waals surface area contributed by atoms with Gasteiger partial charge in [0.15, 0.2) is 4.90 Å². The summed E-state index contributed by atoms with van der Waals surface area (Å²) in [6.07, 6.45) is 0.241. The van der Waals surface area contributed by atoms with Crippen molar-refractivity contribution in [3.8, 4) is 0 Å². The van der Waals surface area contributed by atoms with Gasteiger partial charge in [0.25, 0.3) is 5.56 Å². The van der Waals surface area contributed by atoms with Crippen LogP contribution >= 0.6 is 0 Å². The summed E-state index contributed by atoms with van der Waals surface area (Å²) < 4.78 is 30.6. The van der Waals surface area contributed by atoms with Gasteiger partial charge in [0.2, 0.25) is 10.0 Å². The van der Waals surface area contributed by atoms with Gasteiger partial charge in [-0.15, -0.1) is 0 Å². The molecule has 1 atom stereocenters. The number of nitrogens with one attached hydrogen (secondary N) is 2. The Morgan fingerprint density at radius 1 is 1.47 bits per heavy atom. The lowest BCUT2D eigenvalue weighted by molar-refractivity contribution is -0.0304. The van der Waals surface area contributed by atoms with Crippen LogP contribution in [0.2, 0.25) is 0 Å². The number of H-pyrrole nitrogens is 2. The van der Waals surface area contributed by atoms with Crippen molar-refractivity contribution in [1.29, 1.82) is 0 Å². The van der Waals surface area contributed by atoms with Crippen molar-refractivity contribution in [3.05, 3.63) is 27.0 Å². The highest BCUT2D eigenvalue weighted by molar-refractivity contribution is 7.89. The van der Waals surface area contributed by atoms with Crippen LogP contribution in [0.15, 0.2) is 20.7 Å². The first-order valence-corrected chi connectivity index (χ1v) is 6.94. The second-order valence-corrected chi connectivity index (χ2v) is 5.88. The monoisotopic (exact) mass is 291 g/mol. The molecular formula is C9H13N3O6S. The maximum Gasteiger partial charge on any atom is 0.325 e. The third-order valence-corrected chi connectivity index (χ3v) is 4.58. The van der Waals surface area contributed by atoms with Crippen LogP contribution in [0.5, 0.6) is 0 Å². The number of aliphatic hydroxyl groups is 1. The summed E-state index contributed by atoms with van der Waals surface area (Å²) in [6, 6.07) is 0. The number of nitrogens with zero attached hydrogens (tertiary/aromatic N) is 1. The molecule has 3 N–H and O–H groups in total. The van der Waals surface area contributed by atoms with Gasteiger partial charge in [0.05, 0.1) is 19.3 Å². The first-order chi connectivity index (χ1) is 8.95. The summed E-state index contributed by atoms with van der Waals surface area (Å²) in [5.74, 6) is 0. The predicted molar refractivity (Wildman–Crippen MR) is 63.3 cm³/mol. The average molecular weight is 291 g/mol. The zero-order chi connectivity index (χ0) is 14.0. The van der Waals surface area contributed by atoms with Gasteiger partial charge in [-0.05, 0) is 0 Å². The maximum absolute atomic E-state index is 12.2. The number of morpholine rings is 1. The molecule has 0 saturated carbocycles. The summed E-state index contributed by atoms with van der Waals surface area (Å²) in [6.45, 7) is -0.144. The van der Waals surface area contributed by atoms with E-state index in [1.165, 1.54) is 0 Å². The van der Waals surface area contributed by atoms with Crippen LogP contribution in [0.3, 0.4) is 0 Å². The molecular weight excluding hydrogens is 278 g/mol. The minimum Gasteiger partial charge on any atom is -0.394 e. The van der Waals surface area contributed by atoms with Crippen molar-refractivity contribution in [2.24, 2.45) is 0 Å². The van der Waals surface area contributed by atoms with Gasteiger partial charge in [0, 0.05) is 19.3 Å². The molecule has 1 saturated heterocycles. The molecule has 0 radical (unpaired) electrons. The molecule has 1 aromatic rings. The van der Waals surface area contributed by atoms with Crippen LogP contribution < -0.4 is 11.2 Å². The Morgan fingerprint density at radius 2 is 2.21 bits per heavy atom. The lowest BCUT2D eigenvalue weighted by atomic mass is 10.3. The van der Waals surface area contributed by atoms with E-state index in [9.17, 15) is 18.0 Å². The van der Waals surface area contributed by atoms with Gasteiger partial charge < -0.3 is 14.8 Å². The fourth-order valence-electron chi connectivity index (χ4n) is 1.75. The highest BCUT2D eigenvalue weighted by Crippen LogP contribution is 2.14. The fourth-order valence-corrected chi connectivity index (χ4v) is 3.20. The van der Waals surface area contributed by atoms with E-state index in [1.807, 2.05) is 4.98 Å². The van der Waals surface area contributed by atoms with Crippen molar-refractivity contribution in [2.75, 3.05) is 26.3 Å². The minimum absolute atomic E-state index is 0.0442. The van der Waals surface area contributed by atoms with Crippen LogP contribution in [0, 0.1) is 0 Å². The molecule has 0 bridgehead atoms. The molecule has 0 aliphatic carbocycles. The van der Waals surface area contributed by atoms with Crippen molar-refractivity contribution in [3.63, 3.8) is 0 Å². The molecule has 10 heteroatoms. The fraction of sp³-hybridized carbons (Fsp3) is 0.556. The molecule has 106 valence electrons. The molecule has 1 aliphatic rings. The Morgan fingerprint density at radius 3 is 2.84 bits per heavy atom. The van der Waals surface area contributed by atoms with Gasteiger partial charge in [-0.1, -0.05) is 0 Å². The van der Waals surface area contributed by atoms with Crippen molar-refractivity contribution in [2.45, 2.75) is 11.0 Å². The molecule has 0 spiro atoms. The molecule has 2 heterocycles. The van der Waals surface area contributed by atoms with Crippen molar-refractivity contribution < 1.29 is 18.3 Å². The van der Waals surface area contributed by atoms with Gasteiger partial charge in [-0.25, -0.2) is 13.2 Å². The average Bonchev–Trinajstić information content (AvgIpc) is 2.38. The Bertz CT molecular complexity index is 663. The summed E-state index contributed by atoms with van der Waals surface area (Å²) >= 11 is 0. The minimum atomic E-state index is -4.02. The summed E-state index contributed by atoms with van der Waals surface area (Å²) in [4.78, 5) is 25.8. The largest absolute Gasteiger partial charge is 0.394 e. The Hall–Kier alpha value is -1.49. The topological polar surface area (TPSA) is 133 Å². The standard InChI is InChI=1S/C9H13N3O6S/c13-5-6-4-12(1-2-18-6)19(16,17)7-3-10-9(15)11-8(7)14/h3,6,13H,1-2,4-5H2,(H2,10,11,14,15). The van der Waals surface area contributed by atoms with E-state index in [4.69, 9.17) is 9.84 Å². The van der Waals surface area contributed by atoms with Gasteiger partial charge >= 0.3 is 5.69 Å². The van der Waals surface area contributed by atoms with Crippen LogP contribution in [-0.2, 0) is 14.8 Å². The molecule has 1 fully saturated rings. The van der Waals surface area contributed by atoms with E-state index in [2.05, 4.69) is 4.98 Å². The van der Waals surface area contributed by atoms with E-state index >= 15 is 0 Å². The van der Waals surface area contributed by atoms with Gasteiger partial charge in [-0.3, -0.25) is 9.78 Å². The SMILES string of the molecule is O=c1[nH]cc(S(=O)(=O)N2CCOC(CO)C2)c(=O)[nH]1.